The summed E-state index contributed by atoms with van der Waals surface area (Å²) >= 11 is 6.08. The normalized spacial score (nSPS) is 12.4. The van der Waals surface area contributed by atoms with Gasteiger partial charge in [0.15, 0.2) is 12.2 Å². The van der Waals surface area contributed by atoms with Crippen LogP contribution in [0.4, 0.5) is 11.4 Å². The molecule has 0 fully saturated rings. The van der Waals surface area contributed by atoms with E-state index in [0.29, 0.717) is 34.3 Å². The Morgan fingerprint density at radius 1 is 0.818 bits per heavy atom. The van der Waals surface area contributed by atoms with Crippen LogP contribution >= 0.6 is 11.6 Å². The average Bonchev–Trinajstić information content (AvgIpc) is 2.81. The van der Waals surface area contributed by atoms with E-state index in [9.17, 15) is 9.59 Å². The first-order valence-corrected chi connectivity index (χ1v) is 11.1. The minimum atomic E-state index is -0.742. The van der Waals surface area contributed by atoms with Gasteiger partial charge in [0, 0.05) is 11.4 Å². The first-order chi connectivity index (χ1) is 15.9. The lowest BCUT2D eigenvalue weighted by Crippen LogP contribution is -2.32. The number of anilines is 2. The smallest absolute Gasteiger partial charge is 0.265 e. The fourth-order valence-corrected chi connectivity index (χ4v) is 3.23. The molecule has 0 aliphatic rings. The molecule has 0 saturated heterocycles. The van der Waals surface area contributed by atoms with Gasteiger partial charge in [-0.05, 0) is 68.3 Å². The Balaban J connectivity index is 1.55. The van der Waals surface area contributed by atoms with E-state index in [1.54, 1.807) is 55.5 Å². The van der Waals surface area contributed by atoms with Crippen LogP contribution in [0, 0.1) is 6.92 Å². The van der Waals surface area contributed by atoms with Crippen molar-refractivity contribution in [2.45, 2.75) is 39.4 Å². The van der Waals surface area contributed by atoms with E-state index >= 15 is 0 Å². The van der Waals surface area contributed by atoms with Gasteiger partial charge in [-0.3, -0.25) is 9.59 Å². The van der Waals surface area contributed by atoms with Crippen LogP contribution in [0.3, 0.4) is 0 Å². The van der Waals surface area contributed by atoms with Crippen LogP contribution in [0.25, 0.3) is 0 Å². The molecule has 33 heavy (non-hydrogen) atoms. The Morgan fingerprint density at radius 3 is 1.94 bits per heavy atom. The summed E-state index contributed by atoms with van der Waals surface area (Å²) in [6.07, 6.45) is -0.834. The van der Waals surface area contributed by atoms with Gasteiger partial charge in [-0.2, -0.15) is 0 Å². The molecule has 0 aliphatic carbocycles. The third-order valence-electron chi connectivity index (χ3n) is 4.96. The lowest BCUT2D eigenvalue weighted by molar-refractivity contribution is -0.123. The van der Waals surface area contributed by atoms with Crippen molar-refractivity contribution in [3.05, 3.63) is 83.4 Å². The van der Waals surface area contributed by atoms with Crippen LogP contribution in [0.2, 0.25) is 5.02 Å². The van der Waals surface area contributed by atoms with E-state index in [2.05, 4.69) is 10.6 Å². The molecular weight excluding hydrogens is 440 g/mol. The fourth-order valence-electron chi connectivity index (χ4n) is 3.05. The van der Waals surface area contributed by atoms with Gasteiger partial charge in [-0.25, -0.2) is 0 Å². The van der Waals surface area contributed by atoms with Crippen molar-refractivity contribution in [3.8, 4) is 11.5 Å². The summed E-state index contributed by atoms with van der Waals surface area (Å²) in [6, 6.07) is 21.4. The summed E-state index contributed by atoms with van der Waals surface area (Å²) < 4.78 is 11.5. The summed E-state index contributed by atoms with van der Waals surface area (Å²) in [5.74, 6) is 0.577. The van der Waals surface area contributed by atoms with Crippen LogP contribution in [-0.4, -0.2) is 24.0 Å². The zero-order valence-corrected chi connectivity index (χ0v) is 19.6. The topological polar surface area (TPSA) is 76.7 Å². The summed E-state index contributed by atoms with van der Waals surface area (Å²) in [7, 11) is 0. The van der Waals surface area contributed by atoms with E-state index in [4.69, 9.17) is 21.1 Å². The summed E-state index contributed by atoms with van der Waals surface area (Å²) in [4.78, 5) is 25.1. The van der Waals surface area contributed by atoms with Gasteiger partial charge in [0.05, 0.1) is 5.02 Å². The number of aryl methyl sites for hydroxylation is 1. The van der Waals surface area contributed by atoms with Gasteiger partial charge in [0.25, 0.3) is 11.8 Å². The number of carbonyl (C=O) groups is 2. The molecule has 2 N–H and O–H groups in total. The van der Waals surface area contributed by atoms with Crippen LogP contribution in [0.15, 0.2) is 72.8 Å². The minimum Gasteiger partial charge on any atom is -0.480 e. The minimum absolute atomic E-state index is 0.237. The Morgan fingerprint density at radius 2 is 1.36 bits per heavy atom. The number of nitrogens with one attached hydrogen (secondary N) is 2. The number of para-hydroxylation sites is 2. The van der Waals surface area contributed by atoms with Gasteiger partial charge >= 0.3 is 0 Å². The third kappa shape index (κ3) is 6.73. The van der Waals surface area contributed by atoms with Crippen LogP contribution in [-0.2, 0) is 9.59 Å². The zero-order chi connectivity index (χ0) is 23.8. The zero-order valence-electron chi connectivity index (χ0n) is 18.8. The van der Waals surface area contributed by atoms with Gasteiger partial charge in [0.2, 0.25) is 0 Å². The monoisotopic (exact) mass is 466 g/mol. The van der Waals surface area contributed by atoms with Crippen molar-refractivity contribution in [3.63, 3.8) is 0 Å². The first-order valence-electron chi connectivity index (χ1n) is 10.7. The van der Waals surface area contributed by atoms with E-state index < -0.39 is 12.2 Å². The van der Waals surface area contributed by atoms with Crippen molar-refractivity contribution >= 4 is 34.8 Å². The molecule has 2 amide bonds. The predicted octanol–water partition coefficient (Wildman–Crippen LogP) is 5.85. The fraction of sp³-hybridized carbons (Fsp3) is 0.231. The maximum atomic E-state index is 12.7. The second-order valence-corrected chi connectivity index (χ2v) is 7.93. The Hall–Kier alpha value is -3.51. The second-order valence-electron chi connectivity index (χ2n) is 7.53. The SMILES string of the molecule is CCC(Oc1ccccc1C)C(=O)Nc1ccc(NC(=O)C(C)Oc2ccccc2Cl)cc1. The largest absolute Gasteiger partial charge is 0.480 e. The Kier molecular flexibility index (Phi) is 8.33. The number of amides is 2. The molecule has 172 valence electrons. The highest BCUT2D eigenvalue weighted by Crippen LogP contribution is 2.25. The van der Waals surface area contributed by atoms with Crippen LogP contribution < -0.4 is 20.1 Å². The highest BCUT2D eigenvalue weighted by atomic mass is 35.5. The molecule has 0 radical (unpaired) electrons. The van der Waals surface area contributed by atoms with Gasteiger partial charge in [-0.1, -0.05) is 48.9 Å². The number of carbonyl (C=O) groups excluding carboxylic acids is 2. The molecule has 2 atom stereocenters. The lowest BCUT2D eigenvalue weighted by Gasteiger charge is -2.19. The summed E-state index contributed by atoms with van der Waals surface area (Å²) in [5.41, 5.74) is 2.15. The Labute approximate surface area is 198 Å². The number of hydrogen-bond donors (Lipinski definition) is 2. The number of benzene rings is 3. The highest BCUT2D eigenvalue weighted by Gasteiger charge is 2.20. The van der Waals surface area contributed by atoms with E-state index in [-0.39, 0.29) is 11.8 Å². The van der Waals surface area contributed by atoms with Crippen molar-refractivity contribution in [1.29, 1.82) is 0 Å². The molecule has 0 aliphatic heterocycles. The summed E-state index contributed by atoms with van der Waals surface area (Å²) in [5, 5.41) is 6.09. The number of rotatable bonds is 9. The first kappa shape index (κ1) is 24.1. The highest BCUT2D eigenvalue weighted by molar-refractivity contribution is 6.32. The molecule has 3 rings (SSSR count). The molecule has 2 unspecified atom stereocenters. The average molecular weight is 467 g/mol. The second kappa shape index (κ2) is 11.4. The number of hydrogen-bond acceptors (Lipinski definition) is 4. The summed E-state index contributed by atoms with van der Waals surface area (Å²) in [6.45, 7) is 5.48. The van der Waals surface area contributed by atoms with Crippen molar-refractivity contribution in [1.82, 2.24) is 0 Å². The standard InChI is InChI=1S/C26H27ClN2O4/c1-4-22(33-23-11-7-5-9-17(23)2)26(31)29-20-15-13-19(14-16-20)28-25(30)18(3)32-24-12-8-6-10-21(24)27/h5-16,18,22H,4H2,1-3H3,(H,28,30)(H,29,31). The molecular formula is C26H27ClN2O4. The Bertz CT molecular complexity index is 1100. The maximum absolute atomic E-state index is 12.7. The van der Waals surface area contributed by atoms with Gasteiger partial charge in [0.1, 0.15) is 11.5 Å². The van der Waals surface area contributed by atoms with Crippen molar-refractivity contribution in [2.75, 3.05) is 10.6 Å². The predicted molar refractivity (Wildman–Crippen MR) is 131 cm³/mol. The van der Waals surface area contributed by atoms with Crippen LogP contribution in [0.5, 0.6) is 11.5 Å². The van der Waals surface area contributed by atoms with E-state index in [0.717, 1.165) is 5.56 Å². The molecule has 0 heterocycles. The van der Waals surface area contributed by atoms with Crippen molar-refractivity contribution in [2.24, 2.45) is 0 Å². The van der Waals surface area contributed by atoms with Crippen LogP contribution in [0.1, 0.15) is 25.8 Å². The maximum Gasteiger partial charge on any atom is 0.265 e. The van der Waals surface area contributed by atoms with E-state index in [1.165, 1.54) is 0 Å². The molecule has 0 aromatic heterocycles. The van der Waals surface area contributed by atoms with Gasteiger partial charge < -0.3 is 20.1 Å². The number of ether oxygens (including phenoxy) is 2. The van der Waals surface area contributed by atoms with Gasteiger partial charge in [-0.15, -0.1) is 0 Å². The molecule has 3 aromatic carbocycles. The third-order valence-corrected chi connectivity index (χ3v) is 5.27. The van der Waals surface area contributed by atoms with E-state index in [1.807, 2.05) is 38.1 Å². The molecule has 0 saturated carbocycles. The quantitative estimate of drug-likeness (QED) is 0.414. The molecule has 3 aromatic rings. The molecule has 6 nitrogen and oxygen atoms in total. The van der Waals surface area contributed by atoms with Crippen molar-refractivity contribution < 1.29 is 19.1 Å². The molecule has 0 bridgehead atoms. The number of halogens is 1. The lowest BCUT2D eigenvalue weighted by atomic mass is 10.2. The molecule has 7 heteroatoms. The molecule has 0 spiro atoms.